The van der Waals surface area contributed by atoms with Gasteiger partial charge in [-0.2, -0.15) is 4.98 Å². The second-order valence-corrected chi connectivity index (χ2v) is 8.00. The molecule has 2 aliphatic rings. The molecule has 1 fully saturated rings. The molecule has 0 spiro atoms. The summed E-state index contributed by atoms with van der Waals surface area (Å²) in [5.41, 5.74) is 1.26. The maximum absolute atomic E-state index is 14.0. The first-order chi connectivity index (χ1) is 15.7. The number of likely N-dealkylation sites (tertiary alicyclic amines) is 1. The molecular weight excluding hydrogens is 415 g/mol. The van der Waals surface area contributed by atoms with Crippen LogP contribution in [0.2, 0.25) is 0 Å². The molecule has 0 aliphatic carbocycles. The minimum atomic E-state index is -0.386. The van der Waals surface area contributed by atoms with E-state index in [9.17, 15) is 9.18 Å². The third-order valence-electron chi connectivity index (χ3n) is 5.73. The van der Waals surface area contributed by atoms with Crippen LogP contribution in [0.1, 0.15) is 24.3 Å². The number of nitrogens with zero attached hydrogens (tertiary/aromatic N) is 3. The number of halogens is 1. The van der Waals surface area contributed by atoms with Crippen molar-refractivity contribution in [2.24, 2.45) is 5.92 Å². The van der Waals surface area contributed by atoms with Crippen molar-refractivity contribution in [1.82, 2.24) is 20.4 Å². The summed E-state index contributed by atoms with van der Waals surface area (Å²) in [6.45, 7) is 1.94. The molecule has 32 heavy (non-hydrogen) atoms. The van der Waals surface area contributed by atoms with Gasteiger partial charge in [-0.3, -0.25) is 0 Å². The van der Waals surface area contributed by atoms with Crippen molar-refractivity contribution in [3.8, 4) is 22.9 Å². The number of aromatic nitrogens is 2. The van der Waals surface area contributed by atoms with E-state index < -0.39 is 0 Å². The summed E-state index contributed by atoms with van der Waals surface area (Å²) >= 11 is 0. The SMILES string of the molecule is O=C(NCc1ccc2c(c1)OCO2)N1CCCC(Cc2nc(-c3ccccc3F)no2)C1. The number of nitrogens with one attached hydrogen (secondary N) is 1. The van der Waals surface area contributed by atoms with Gasteiger partial charge in [-0.05, 0) is 48.6 Å². The molecule has 2 aliphatic heterocycles. The Kier molecular flexibility index (Phi) is 5.62. The van der Waals surface area contributed by atoms with E-state index in [2.05, 4.69) is 15.5 Å². The number of piperidine rings is 1. The maximum atomic E-state index is 14.0. The Balaban J connectivity index is 1.16. The van der Waals surface area contributed by atoms with E-state index >= 15 is 0 Å². The largest absolute Gasteiger partial charge is 0.454 e. The number of amides is 2. The summed E-state index contributed by atoms with van der Waals surface area (Å²) in [7, 11) is 0. The van der Waals surface area contributed by atoms with Crippen molar-refractivity contribution in [2.45, 2.75) is 25.8 Å². The van der Waals surface area contributed by atoms with Crippen LogP contribution in [-0.4, -0.2) is 41.0 Å². The molecule has 3 aromatic rings. The molecule has 8 nitrogen and oxygen atoms in total. The van der Waals surface area contributed by atoms with Crippen LogP contribution >= 0.6 is 0 Å². The average molecular weight is 438 g/mol. The van der Waals surface area contributed by atoms with Crippen LogP contribution in [0.25, 0.3) is 11.4 Å². The third kappa shape index (κ3) is 4.37. The molecule has 0 bridgehead atoms. The lowest BCUT2D eigenvalue weighted by Gasteiger charge is -2.32. The van der Waals surface area contributed by atoms with Gasteiger partial charge < -0.3 is 24.2 Å². The molecule has 1 saturated heterocycles. The Labute approximate surface area is 184 Å². The summed E-state index contributed by atoms with van der Waals surface area (Å²) < 4.78 is 30.0. The zero-order valence-corrected chi connectivity index (χ0v) is 17.4. The fourth-order valence-corrected chi connectivity index (χ4v) is 4.09. The zero-order chi connectivity index (χ0) is 21.9. The number of hydrogen-bond donors (Lipinski definition) is 1. The highest BCUT2D eigenvalue weighted by Gasteiger charge is 2.26. The monoisotopic (exact) mass is 438 g/mol. The Morgan fingerprint density at radius 2 is 2.06 bits per heavy atom. The van der Waals surface area contributed by atoms with Gasteiger partial charge in [0.1, 0.15) is 5.82 Å². The molecule has 1 unspecified atom stereocenters. The second kappa shape index (κ2) is 8.86. The number of carbonyl (C=O) groups is 1. The minimum Gasteiger partial charge on any atom is -0.454 e. The summed E-state index contributed by atoms with van der Waals surface area (Å²) in [6, 6.07) is 11.9. The number of hydrogen-bond acceptors (Lipinski definition) is 6. The lowest BCUT2D eigenvalue weighted by molar-refractivity contribution is 0.161. The number of urea groups is 1. The fraction of sp³-hybridized carbons (Fsp3) is 0.348. The number of carbonyl (C=O) groups excluding carboxylic acids is 1. The molecule has 9 heteroatoms. The quantitative estimate of drug-likeness (QED) is 0.652. The van der Waals surface area contributed by atoms with Crippen molar-refractivity contribution in [2.75, 3.05) is 19.9 Å². The summed E-state index contributed by atoms with van der Waals surface area (Å²) in [5, 5.41) is 6.89. The Morgan fingerprint density at radius 1 is 1.19 bits per heavy atom. The first-order valence-corrected chi connectivity index (χ1v) is 10.6. The minimum absolute atomic E-state index is 0.107. The highest BCUT2D eigenvalue weighted by molar-refractivity contribution is 5.74. The van der Waals surface area contributed by atoms with Gasteiger partial charge in [-0.1, -0.05) is 23.4 Å². The molecule has 5 rings (SSSR count). The van der Waals surface area contributed by atoms with Crippen molar-refractivity contribution in [3.05, 3.63) is 59.7 Å². The average Bonchev–Trinajstić information content (AvgIpc) is 3.47. The van der Waals surface area contributed by atoms with Crippen molar-refractivity contribution in [3.63, 3.8) is 0 Å². The van der Waals surface area contributed by atoms with E-state index in [1.807, 2.05) is 23.1 Å². The number of ether oxygens (including phenoxy) is 2. The summed E-state index contributed by atoms with van der Waals surface area (Å²) in [6.07, 6.45) is 2.41. The van der Waals surface area contributed by atoms with Gasteiger partial charge in [0.25, 0.3) is 0 Å². The first-order valence-electron chi connectivity index (χ1n) is 10.6. The summed E-state index contributed by atoms with van der Waals surface area (Å²) in [5.74, 6) is 1.93. The third-order valence-corrected chi connectivity index (χ3v) is 5.73. The number of benzene rings is 2. The van der Waals surface area contributed by atoms with Gasteiger partial charge in [-0.15, -0.1) is 0 Å². The summed E-state index contributed by atoms with van der Waals surface area (Å²) in [4.78, 5) is 18.9. The molecule has 0 saturated carbocycles. The van der Waals surface area contributed by atoms with Gasteiger partial charge in [0.2, 0.25) is 18.5 Å². The maximum Gasteiger partial charge on any atom is 0.317 e. The Morgan fingerprint density at radius 3 is 2.97 bits per heavy atom. The molecule has 1 atom stereocenters. The molecule has 166 valence electrons. The molecule has 1 aromatic heterocycles. The first kappa shape index (κ1) is 20.3. The lowest BCUT2D eigenvalue weighted by Crippen LogP contribution is -2.45. The van der Waals surface area contributed by atoms with E-state index in [-0.39, 0.29) is 30.4 Å². The fourth-order valence-electron chi connectivity index (χ4n) is 4.09. The molecular formula is C23H23FN4O4. The predicted molar refractivity (Wildman–Crippen MR) is 112 cm³/mol. The van der Waals surface area contributed by atoms with Gasteiger partial charge in [0, 0.05) is 26.1 Å². The Bertz CT molecular complexity index is 1120. The normalized spacial score (nSPS) is 17.4. The lowest BCUT2D eigenvalue weighted by atomic mass is 9.95. The molecule has 3 heterocycles. The topological polar surface area (TPSA) is 89.7 Å². The van der Waals surface area contributed by atoms with Crippen molar-refractivity contribution in [1.29, 1.82) is 0 Å². The second-order valence-electron chi connectivity index (χ2n) is 8.00. The van der Waals surface area contributed by atoms with Gasteiger partial charge in [-0.25, -0.2) is 9.18 Å². The molecule has 2 aromatic carbocycles. The standard InChI is InChI=1S/C23H23FN4O4/c24-18-6-2-1-5-17(18)22-26-21(32-27-22)11-16-4-3-9-28(13-16)23(29)25-12-15-7-8-19-20(10-15)31-14-30-19/h1-2,5-8,10,16H,3-4,9,11-14H2,(H,25,29). The van der Waals surface area contributed by atoms with Crippen LogP contribution < -0.4 is 14.8 Å². The zero-order valence-electron chi connectivity index (χ0n) is 17.4. The Hall–Kier alpha value is -3.62. The number of fused-ring (bicyclic) bond motifs is 1. The predicted octanol–water partition coefficient (Wildman–Crippen LogP) is 3.77. The van der Waals surface area contributed by atoms with E-state index in [1.165, 1.54) is 6.07 Å². The number of rotatable bonds is 5. The van der Waals surface area contributed by atoms with E-state index in [0.717, 1.165) is 24.2 Å². The van der Waals surface area contributed by atoms with Crippen LogP contribution in [0.4, 0.5) is 9.18 Å². The molecule has 0 radical (unpaired) electrons. The smallest absolute Gasteiger partial charge is 0.317 e. The van der Waals surface area contributed by atoms with E-state index in [4.69, 9.17) is 14.0 Å². The van der Waals surface area contributed by atoms with Gasteiger partial charge >= 0.3 is 6.03 Å². The van der Waals surface area contributed by atoms with Crippen molar-refractivity contribution >= 4 is 6.03 Å². The molecule has 2 amide bonds. The van der Waals surface area contributed by atoms with Crippen molar-refractivity contribution < 1.29 is 23.2 Å². The molecule has 1 N–H and O–H groups in total. The van der Waals surface area contributed by atoms with Crippen LogP contribution in [0.3, 0.4) is 0 Å². The van der Waals surface area contributed by atoms with Crippen LogP contribution in [0.5, 0.6) is 11.5 Å². The van der Waals surface area contributed by atoms with Gasteiger partial charge in [0.15, 0.2) is 11.5 Å². The van der Waals surface area contributed by atoms with Crippen LogP contribution in [0, 0.1) is 11.7 Å². The highest BCUT2D eigenvalue weighted by atomic mass is 19.1. The van der Waals surface area contributed by atoms with E-state index in [0.29, 0.717) is 43.3 Å². The van der Waals surface area contributed by atoms with Crippen LogP contribution in [-0.2, 0) is 13.0 Å². The van der Waals surface area contributed by atoms with E-state index in [1.54, 1.807) is 18.2 Å². The van der Waals surface area contributed by atoms with Gasteiger partial charge in [0.05, 0.1) is 5.56 Å². The highest BCUT2D eigenvalue weighted by Crippen LogP contribution is 2.32. The van der Waals surface area contributed by atoms with Crippen LogP contribution in [0.15, 0.2) is 47.0 Å².